The minimum Gasteiger partial charge on any atom is -0.338 e. The molecule has 8 nitrogen and oxygen atoms in total. The highest BCUT2D eigenvalue weighted by Crippen LogP contribution is 2.27. The van der Waals surface area contributed by atoms with Gasteiger partial charge in [-0.1, -0.05) is 50.8 Å². The van der Waals surface area contributed by atoms with Gasteiger partial charge in [0.05, 0.1) is 17.1 Å². The van der Waals surface area contributed by atoms with Crippen LogP contribution in [0.15, 0.2) is 41.5 Å². The molecule has 36 heavy (non-hydrogen) atoms. The molecular weight excluding hydrogens is 450 g/mol. The molecule has 0 saturated heterocycles. The highest BCUT2D eigenvalue weighted by atomic mass is 16.1. The van der Waals surface area contributed by atoms with E-state index in [2.05, 4.69) is 56.6 Å². The number of aliphatic imine (C=N–C) groups is 1. The summed E-state index contributed by atoms with van der Waals surface area (Å²) in [6.07, 6.45) is 11.0. The van der Waals surface area contributed by atoms with Gasteiger partial charge in [-0.2, -0.15) is 10.2 Å². The number of hydrogen-bond acceptors (Lipinski definition) is 4. The molecule has 1 aromatic carbocycles. The molecule has 192 valence electrons. The summed E-state index contributed by atoms with van der Waals surface area (Å²) in [7, 11) is 5.57. The van der Waals surface area contributed by atoms with Crippen molar-refractivity contribution < 1.29 is 4.79 Å². The molecular formula is C28H39N7O. The van der Waals surface area contributed by atoms with Gasteiger partial charge >= 0.3 is 0 Å². The van der Waals surface area contributed by atoms with Gasteiger partial charge in [-0.15, -0.1) is 0 Å². The number of nitrogens with one attached hydrogen (secondary N) is 1. The number of carbonyl (C=O) groups excluding carboxylic acids is 1. The largest absolute Gasteiger partial charge is 0.338 e. The van der Waals surface area contributed by atoms with Crippen LogP contribution in [-0.2, 0) is 27.1 Å². The number of guanidine groups is 1. The van der Waals surface area contributed by atoms with Crippen LogP contribution >= 0.6 is 0 Å². The lowest BCUT2D eigenvalue weighted by molar-refractivity contribution is 0.111. The molecule has 0 atom stereocenters. The number of rotatable bonds is 9. The third kappa shape index (κ3) is 6.04. The fourth-order valence-corrected chi connectivity index (χ4v) is 5.19. The normalized spacial score (nSPS) is 14.7. The molecule has 0 radical (unpaired) electrons. The van der Waals surface area contributed by atoms with Crippen molar-refractivity contribution >= 4 is 17.9 Å². The molecule has 8 heteroatoms. The fraction of sp³-hybridized carbons (Fsp3) is 0.500. The van der Waals surface area contributed by atoms with E-state index in [-0.39, 0.29) is 0 Å². The number of carbonyl (C=O) groups is 1. The van der Waals surface area contributed by atoms with E-state index in [1.165, 1.54) is 37.7 Å². The topological polar surface area (TPSA) is 80.3 Å². The maximum atomic E-state index is 11.9. The number of nitrogens with zero attached hydrogens (tertiary/aromatic N) is 6. The summed E-state index contributed by atoms with van der Waals surface area (Å²) >= 11 is 0. The zero-order chi connectivity index (χ0) is 25.5. The molecule has 1 fully saturated rings. The summed E-state index contributed by atoms with van der Waals surface area (Å²) in [5.41, 5.74) is 5.50. The molecule has 0 unspecified atom stereocenters. The predicted molar refractivity (Wildman–Crippen MR) is 145 cm³/mol. The van der Waals surface area contributed by atoms with E-state index < -0.39 is 0 Å². The molecule has 2 heterocycles. The monoisotopic (exact) mass is 489 g/mol. The average molecular weight is 490 g/mol. The minimum atomic E-state index is 0.550. The molecule has 0 aliphatic heterocycles. The number of benzene rings is 1. The van der Waals surface area contributed by atoms with Crippen LogP contribution in [0, 0.1) is 5.92 Å². The number of aromatic nitrogens is 4. The Bertz CT molecular complexity index is 1190. The van der Waals surface area contributed by atoms with Crippen LogP contribution in [0.1, 0.15) is 67.2 Å². The van der Waals surface area contributed by atoms with Crippen molar-refractivity contribution in [2.24, 2.45) is 25.0 Å². The minimum absolute atomic E-state index is 0.550. The SMILES string of the molecule is CCCc1nn(C)c(C=O)c1NC(=NC)N(Cc1cccc(-c2ccn(C)n2)c1)CC1CCCCC1. The summed E-state index contributed by atoms with van der Waals surface area (Å²) < 4.78 is 3.49. The average Bonchev–Trinajstić information content (AvgIpc) is 3.45. The highest BCUT2D eigenvalue weighted by molar-refractivity contribution is 5.98. The molecule has 0 spiro atoms. The second kappa shape index (κ2) is 12.0. The van der Waals surface area contributed by atoms with E-state index in [1.54, 1.807) is 4.68 Å². The summed E-state index contributed by atoms with van der Waals surface area (Å²) in [6, 6.07) is 10.6. The van der Waals surface area contributed by atoms with Gasteiger partial charge in [0.1, 0.15) is 5.69 Å². The van der Waals surface area contributed by atoms with Crippen LogP contribution in [-0.4, -0.2) is 50.3 Å². The third-order valence-electron chi connectivity index (χ3n) is 7.02. The Morgan fingerprint density at radius 1 is 1.19 bits per heavy atom. The first-order chi connectivity index (χ1) is 17.5. The second-order valence-corrected chi connectivity index (χ2v) is 9.83. The van der Waals surface area contributed by atoms with Crippen molar-refractivity contribution in [2.75, 3.05) is 18.9 Å². The van der Waals surface area contributed by atoms with E-state index in [9.17, 15) is 4.79 Å². The third-order valence-corrected chi connectivity index (χ3v) is 7.02. The second-order valence-electron chi connectivity index (χ2n) is 9.83. The van der Waals surface area contributed by atoms with Gasteiger partial charge < -0.3 is 10.2 Å². The highest BCUT2D eigenvalue weighted by Gasteiger charge is 2.23. The number of aldehydes is 1. The van der Waals surface area contributed by atoms with Crippen molar-refractivity contribution in [2.45, 2.75) is 58.4 Å². The quantitative estimate of drug-likeness (QED) is 0.258. The van der Waals surface area contributed by atoms with E-state index in [1.807, 2.05) is 38.1 Å². The number of anilines is 1. The van der Waals surface area contributed by atoms with Gasteiger partial charge in [0.25, 0.3) is 0 Å². The molecule has 0 bridgehead atoms. The van der Waals surface area contributed by atoms with Crippen LogP contribution in [0.5, 0.6) is 0 Å². The molecule has 1 saturated carbocycles. The standard InChI is InChI=1S/C28H39N7O/c1-5-10-25-27(26(20-36)34(4)32-25)30-28(29-2)35(18-21-11-7-6-8-12-21)19-22-13-9-14-23(17-22)24-15-16-33(3)31-24/h9,13-17,20-21H,5-8,10-12,18-19H2,1-4H3,(H,29,30). The lowest BCUT2D eigenvalue weighted by Gasteiger charge is -2.32. The van der Waals surface area contributed by atoms with Crippen molar-refractivity contribution in [1.82, 2.24) is 24.5 Å². The van der Waals surface area contributed by atoms with Gasteiger partial charge in [0.15, 0.2) is 12.2 Å². The van der Waals surface area contributed by atoms with Gasteiger partial charge in [0.2, 0.25) is 0 Å². The lowest BCUT2D eigenvalue weighted by atomic mass is 9.89. The van der Waals surface area contributed by atoms with Gasteiger partial charge in [0, 0.05) is 46.0 Å². The van der Waals surface area contributed by atoms with Gasteiger partial charge in [-0.05, 0) is 42.9 Å². The Balaban J connectivity index is 1.63. The van der Waals surface area contributed by atoms with E-state index in [0.29, 0.717) is 11.6 Å². The molecule has 0 amide bonds. The molecule has 1 aliphatic carbocycles. The predicted octanol–water partition coefficient (Wildman–Crippen LogP) is 5.07. The van der Waals surface area contributed by atoms with Crippen molar-refractivity contribution in [3.63, 3.8) is 0 Å². The van der Waals surface area contributed by atoms with Gasteiger partial charge in [-0.3, -0.25) is 19.2 Å². The summed E-state index contributed by atoms with van der Waals surface area (Å²) in [5.74, 6) is 1.41. The van der Waals surface area contributed by atoms with Crippen molar-refractivity contribution in [3.8, 4) is 11.3 Å². The van der Waals surface area contributed by atoms with Crippen LogP contribution in [0.4, 0.5) is 5.69 Å². The number of aryl methyl sites for hydroxylation is 3. The summed E-state index contributed by atoms with van der Waals surface area (Å²) in [5, 5.41) is 12.7. The van der Waals surface area contributed by atoms with Crippen molar-refractivity contribution in [3.05, 3.63) is 53.5 Å². The van der Waals surface area contributed by atoms with Crippen LogP contribution in [0.2, 0.25) is 0 Å². The zero-order valence-electron chi connectivity index (χ0n) is 22.1. The molecule has 4 rings (SSSR count). The molecule has 2 aromatic heterocycles. The van der Waals surface area contributed by atoms with Gasteiger partial charge in [-0.25, -0.2) is 0 Å². The number of hydrogen-bond donors (Lipinski definition) is 1. The maximum absolute atomic E-state index is 11.9. The van der Waals surface area contributed by atoms with E-state index in [4.69, 9.17) is 0 Å². The first-order valence-corrected chi connectivity index (χ1v) is 13.1. The molecule has 3 aromatic rings. The Morgan fingerprint density at radius 2 is 2.00 bits per heavy atom. The molecule has 1 N–H and O–H groups in total. The lowest BCUT2D eigenvalue weighted by Crippen LogP contribution is -2.40. The van der Waals surface area contributed by atoms with Crippen LogP contribution in [0.25, 0.3) is 11.3 Å². The van der Waals surface area contributed by atoms with Crippen LogP contribution in [0.3, 0.4) is 0 Å². The Morgan fingerprint density at radius 3 is 2.67 bits per heavy atom. The van der Waals surface area contributed by atoms with E-state index in [0.717, 1.165) is 60.8 Å². The first kappa shape index (κ1) is 25.7. The first-order valence-electron chi connectivity index (χ1n) is 13.1. The smallest absolute Gasteiger partial charge is 0.198 e. The Labute approximate surface area is 214 Å². The summed E-state index contributed by atoms with van der Waals surface area (Å²) in [6.45, 7) is 3.77. The fourth-order valence-electron chi connectivity index (χ4n) is 5.19. The van der Waals surface area contributed by atoms with Crippen LogP contribution < -0.4 is 5.32 Å². The summed E-state index contributed by atoms with van der Waals surface area (Å²) in [4.78, 5) is 18.9. The molecule has 1 aliphatic rings. The zero-order valence-corrected chi connectivity index (χ0v) is 22.1. The maximum Gasteiger partial charge on any atom is 0.198 e. The van der Waals surface area contributed by atoms with Crippen molar-refractivity contribution in [1.29, 1.82) is 0 Å². The van der Waals surface area contributed by atoms with E-state index >= 15 is 0 Å². The Kier molecular flexibility index (Phi) is 8.57. The Hall–Kier alpha value is -3.42.